The Morgan fingerprint density at radius 3 is 2.16 bits per heavy atom. The minimum Gasteiger partial charge on any atom is -0.497 e. The van der Waals surface area contributed by atoms with Crippen LogP contribution < -0.4 is 19.7 Å². The number of hydrogen-bond donors (Lipinski definition) is 1. The van der Waals surface area contributed by atoms with Gasteiger partial charge in [-0.05, 0) is 42.0 Å². The standard InChI is InChI=1S/C24H27N5O3/c1-31-20-7-3-18(4-8-20)16-25-24(30)29-13-11-28(12-14-29)23-15-22(26-17-27-23)19-5-9-21(32-2)10-6-19/h3-10,15,17H,11-14,16H2,1-2H3,(H,25,30). The normalized spacial score (nSPS) is 13.6. The molecule has 0 saturated carbocycles. The first-order valence-electron chi connectivity index (χ1n) is 10.5. The fraction of sp³-hybridized carbons (Fsp3) is 0.292. The predicted octanol–water partition coefficient (Wildman–Crippen LogP) is 3.19. The highest BCUT2D eigenvalue weighted by molar-refractivity contribution is 5.74. The second kappa shape index (κ2) is 10.00. The van der Waals surface area contributed by atoms with Crippen LogP contribution in [0.3, 0.4) is 0 Å². The molecular weight excluding hydrogens is 406 g/mol. The van der Waals surface area contributed by atoms with Crippen LogP contribution in [0.15, 0.2) is 60.9 Å². The molecule has 2 aromatic carbocycles. The van der Waals surface area contributed by atoms with Gasteiger partial charge in [-0.15, -0.1) is 0 Å². The van der Waals surface area contributed by atoms with Crippen molar-refractivity contribution >= 4 is 11.8 Å². The number of methoxy groups -OCH3 is 2. The summed E-state index contributed by atoms with van der Waals surface area (Å²) in [5, 5.41) is 2.99. The monoisotopic (exact) mass is 433 g/mol. The molecule has 8 nitrogen and oxygen atoms in total. The van der Waals surface area contributed by atoms with E-state index in [9.17, 15) is 4.79 Å². The van der Waals surface area contributed by atoms with Crippen molar-refractivity contribution in [3.63, 3.8) is 0 Å². The van der Waals surface area contributed by atoms with Crippen molar-refractivity contribution in [2.45, 2.75) is 6.54 Å². The third-order valence-corrected chi connectivity index (χ3v) is 5.53. The molecule has 0 radical (unpaired) electrons. The molecule has 4 rings (SSSR count). The number of amides is 2. The first-order chi connectivity index (χ1) is 15.7. The second-order valence-corrected chi connectivity index (χ2v) is 7.47. The van der Waals surface area contributed by atoms with Crippen LogP contribution in [0.2, 0.25) is 0 Å². The molecular formula is C24H27N5O3. The van der Waals surface area contributed by atoms with Gasteiger partial charge in [0.1, 0.15) is 23.6 Å². The molecule has 1 fully saturated rings. The molecule has 0 bridgehead atoms. The average Bonchev–Trinajstić information content (AvgIpc) is 2.88. The number of hydrogen-bond acceptors (Lipinski definition) is 6. The van der Waals surface area contributed by atoms with Gasteiger partial charge in [-0.3, -0.25) is 0 Å². The smallest absolute Gasteiger partial charge is 0.317 e. The molecule has 1 N–H and O–H groups in total. The van der Waals surface area contributed by atoms with Gasteiger partial charge in [0.25, 0.3) is 0 Å². The van der Waals surface area contributed by atoms with Crippen molar-refractivity contribution in [2.75, 3.05) is 45.3 Å². The third kappa shape index (κ3) is 5.08. The van der Waals surface area contributed by atoms with Crippen molar-refractivity contribution in [2.24, 2.45) is 0 Å². The summed E-state index contributed by atoms with van der Waals surface area (Å²) in [4.78, 5) is 25.4. The molecule has 0 atom stereocenters. The molecule has 3 aromatic rings. The Morgan fingerprint density at radius 2 is 1.53 bits per heavy atom. The van der Waals surface area contributed by atoms with Crippen molar-refractivity contribution in [1.29, 1.82) is 0 Å². The average molecular weight is 434 g/mol. The zero-order valence-corrected chi connectivity index (χ0v) is 18.3. The number of benzene rings is 2. The number of carbonyl (C=O) groups is 1. The summed E-state index contributed by atoms with van der Waals surface area (Å²) in [6.45, 7) is 3.19. The van der Waals surface area contributed by atoms with Gasteiger partial charge >= 0.3 is 6.03 Å². The highest BCUT2D eigenvalue weighted by Crippen LogP contribution is 2.23. The van der Waals surface area contributed by atoms with Gasteiger partial charge < -0.3 is 24.6 Å². The van der Waals surface area contributed by atoms with E-state index < -0.39 is 0 Å². The van der Waals surface area contributed by atoms with E-state index in [1.54, 1.807) is 20.5 Å². The SMILES string of the molecule is COc1ccc(CNC(=O)N2CCN(c3cc(-c4ccc(OC)cc4)ncn3)CC2)cc1. The van der Waals surface area contributed by atoms with E-state index in [0.29, 0.717) is 19.6 Å². The molecule has 1 aromatic heterocycles. The number of aromatic nitrogens is 2. The van der Waals surface area contributed by atoms with Crippen LogP contribution in [-0.2, 0) is 6.54 Å². The lowest BCUT2D eigenvalue weighted by molar-refractivity contribution is 0.194. The van der Waals surface area contributed by atoms with Crippen molar-refractivity contribution < 1.29 is 14.3 Å². The van der Waals surface area contributed by atoms with Gasteiger partial charge in [-0.2, -0.15) is 0 Å². The van der Waals surface area contributed by atoms with Crippen molar-refractivity contribution in [3.8, 4) is 22.8 Å². The molecule has 0 aliphatic carbocycles. The number of anilines is 1. The molecule has 8 heteroatoms. The molecule has 1 aliphatic heterocycles. The summed E-state index contributed by atoms with van der Waals surface area (Å²) in [5.41, 5.74) is 2.90. The Bertz CT molecular complexity index is 1030. The third-order valence-electron chi connectivity index (χ3n) is 5.53. The summed E-state index contributed by atoms with van der Waals surface area (Å²) in [6, 6.07) is 17.4. The van der Waals surface area contributed by atoms with E-state index in [0.717, 1.165) is 47.2 Å². The van der Waals surface area contributed by atoms with Crippen molar-refractivity contribution in [1.82, 2.24) is 20.2 Å². The van der Waals surface area contributed by atoms with Gasteiger partial charge in [-0.1, -0.05) is 12.1 Å². The number of urea groups is 1. The van der Waals surface area contributed by atoms with E-state index in [2.05, 4.69) is 20.2 Å². The number of rotatable bonds is 6. The summed E-state index contributed by atoms with van der Waals surface area (Å²) < 4.78 is 10.4. The minimum atomic E-state index is -0.0536. The molecule has 32 heavy (non-hydrogen) atoms. The number of nitrogens with zero attached hydrogens (tertiary/aromatic N) is 4. The fourth-order valence-corrected chi connectivity index (χ4v) is 3.61. The van der Waals surface area contributed by atoms with Gasteiger partial charge in [0.15, 0.2) is 0 Å². The maximum Gasteiger partial charge on any atom is 0.317 e. The Kier molecular flexibility index (Phi) is 6.69. The zero-order valence-electron chi connectivity index (χ0n) is 18.3. The van der Waals surface area contributed by atoms with Crippen LogP contribution in [0, 0.1) is 0 Å². The Morgan fingerprint density at radius 1 is 0.906 bits per heavy atom. The maximum atomic E-state index is 12.6. The summed E-state index contributed by atoms with van der Waals surface area (Å²) in [5.74, 6) is 2.48. The first kappa shape index (κ1) is 21.4. The summed E-state index contributed by atoms with van der Waals surface area (Å²) >= 11 is 0. The second-order valence-electron chi connectivity index (χ2n) is 7.47. The van der Waals surface area contributed by atoms with Crippen LogP contribution >= 0.6 is 0 Å². The van der Waals surface area contributed by atoms with Gasteiger partial charge in [-0.25, -0.2) is 14.8 Å². The lowest BCUT2D eigenvalue weighted by atomic mass is 10.1. The fourth-order valence-electron chi connectivity index (χ4n) is 3.61. The highest BCUT2D eigenvalue weighted by Gasteiger charge is 2.22. The quantitative estimate of drug-likeness (QED) is 0.643. The molecule has 2 heterocycles. The van der Waals surface area contributed by atoms with E-state index in [1.807, 2.05) is 59.5 Å². The number of piperazine rings is 1. The molecule has 166 valence electrons. The molecule has 2 amide bonds. The Labute approximate surface area is 187 Å². The molecule has 1 aliphatic rings. The summed E-state index contributed by atoms with van der Waals surface area (Å²) in [7, 11) is 3.29. The van der Waals surface area contributed by atoms with Crippen LogP contribution in [0.5, 0.6) is 11.5 Å². The maximum absolute atomic E-state index is 12.6. The van der Waals surface area contributed by atoms with Gasteiger partial charge in [0.2, 0.25) is 0 Å². The number of ether oxygens (including phenoxy) is 2. The Balaban J connectivity index is 1.31. The number of carbonyl (C=O) groups excluding carboxylic acids is 1. The lowest BCUT2D eigenvalue weighted by Gasteiger charge is -2.35. The van der Waals surface area contributed by atoms with E-state index >= 15 is 0 Å². The van der Waals surface area contributed by atoms with E-state index in [4.69, 9.17) is 9.47 Å². The summed E-state index contributed by atoms with van der Waals surface area (Å²) in [6.07, 6.45) is 1.59. The highest BCUT2D eigenvalue weighted by atomic mass is 16.5. The van der Waals surface area contributed by atoms with E-state index in [1.165, 1.54) is 0 Å². The largest absolute Gasteiger partial charge is 0.497 e. The van der Waals surface area contributed by atoms with E-state index in [-0.39, 0.29) is 6.03 Å². The Hall–Kier alpha value is -3.81. The zero-order chi connectivity index (χ0) is 22.3. The van der Waals surface area contributed by atoms with Crippen LogP contribution in [0.4, 0.5) is 10.6 Å². The van der Waals surface area contributed by atoms with Crippen LogP contribution in [0.25, 0.3) is 11.3 Å². The minimum absolute atomic E-state index is 0.0536. The predicted molar refractivity (Wildman–Crippen MR) is 123 cm³/mol. The molecule has 0 unspecified atom stereocenters. The van der Waals surface area contributed by atoms with Crippen molar-refractivity contribution in [3.05, 3.63) is 66.5 Å². The first-order valence-corrected chi connectivity index (χ1v) is 10.5. The van der Waals surface area contributed by atoms with Crippen LogP contribution in [-0.4, -0.2) is 61.3 Å². The molecule has 1 saturated heterocycles. The lowest BCUT2D eigenvalue weighted by Crippen LogP contribution is -2.51. The number of nitrogens with one attached hydrogen (secondary N) is 1. The molecule has 0 spiro atoms. The van der Waals surface area contributed by atoms with Gasteiger partial charge in [0, 0.05) is 44.4 Å². The topological polar surface area (TPSA) is 79.8 Å². The van der Waals surface area contributed by atoms with Gasteiger partial charge in [0.05, 0.1) is 19.9 Å². The van der Waals surface area contributed by atoms with Crippen LogP contribution in [0.1, 0.15) is 5.56 Å².